The van der Waals surface area contributed by atoms with E-state index in [4.69, 9.17) is 0 Å². The van der Waals surface area contributed by atoms with Gasteiger partial charge in [0, 0.05) is 18.8 Å². The zero-order chi connectivity index (χ0) is 20.7. The number of benzene rings is 1. The number of aromatic nitrogens is 4. The van der Waals surface area contributed by atoms with Gasteiger partial charge in [-0.25, -0.2) is 9.37 Å². The van der Waals surface area contributed by atoms with Gasteiger partial charge in [-0.2, -0.15) is 10.2 Å². The summed E-state index contributed by atoms with van der Waals surface area (Å²) in [4.78, 5) is 21.1. The largest absolute Gasteiger partial charge is 0.365 e. The molecule has 0 spiro atoms. The summed E-state index contributed by atoms with van der Waals surface area (Å²) in [6.45, 7) is 2.69. The number of para-hydroxylation sites is 1. The minimum Gasteiger partial charge on any atom is -0.365 e. The maximum atomic E-state index is 14.6. The maximum absolute atomic E-state index is 14.6. The van der Waals surface area contributed by atoms with Crippen LogP contribution in [0.4, 0.5) is 10.2 Å². The molecule has 2 aliphatic heterocycles. The Morgan fingerprint density at radius 1 is 1.17 bits per heavy atom. The summed E-state index contributed by atoms with van der Waals surface area (Å²) < 4.78 is 14.6. The highest BCUT2D eigenvalue weighted by Gasteiger charge is 2.43. The third-order valence-corrected chi connectivity index (χ3v) is 6.12. The molecule has 7 nitrogen and oxygen atoms in total. The number of pyridine rings is 1. The lowest BCUT2D eigenvalue weighted by molar-refractivity contribution is 0.0281. The van der Waals surface area contributed by atoms with Crippen LogP contribution >= 0.6 is 0 Å². The molecule has 2 bridgehead atoms. The van der Waals surface area contributed by atoms with Crippen molar-refractivity contribution >= 4 is 11.7 Å². The third kappa shape index (κ3) is 3.32. The highest BCUT2D eigenvalue weighted by molar-refractivity contribution is 5.98. The number of carbonyl (C=O) groups excluding carboxylic acids is 1. The van der Waals surface area contributed by atoms with E-state index in [-0.39, 0.29) is 29.2 Å². The van der Waals surface area contributed by atoms with Gasteiger partial charge in [-0.15, -0.1) is 4.80 Å². The highest BCUT2D eigenvalue weighted by Crippen LogP contribution is 2.38. The van der Waals surface area contributed by atoms with E-state index >= 15 is 0 Å². The van der Waals surface area contributed by atoms with Crippen molar-refractivity contribution in [3.8, 4) is 5.69 Å². The van der Waals surface area contributed by atoms with Crippen molar-refractivity contribution in [3.05, 3.63) is 65.9 Å². The van der Waals surface area contributed by atoms with Crippen LogP contribution in [-0.2, 0) is 0 Å². The average molecular weight is 406 g/mol. The van der Waals surface area contributed by atoms with E-state index in [9.17, 15) is 9.18 Å². The van der Waals surface area contributed by atoms with Gasteiger partial charge in [-0.1, -0.05) is 12.1 Å². The van der Waals surface area contributed by atoms with Gasteiger partial charge in [0.25, 0.3) is 5.91 Å². The first kappa shape index (κ1) is 18.7. The fourth-order valence-electron chi connectivity index (χ4n) is 4.70. The Labute approximate surface area is 173 Å². The lowest BCUT2D eigenvalue weighted by Crippen LogP contribution is -2.59. The normalized spacial score (nSPS) is 22.9. The number of fused-ring (bicyclic) bond motifs is 3. The average Bonchev–Trinajstić information content (AvgIpc) is 3.29. The van der Waals surface area contributed by atoms with Gasteiger partial charge in [0.2, 0.25) is 0 Å². The Kier molecular flexibility index (Phi) is 4.69. The number of hydrogen-bond acceptors (Lipinski definition) is 5. The molecule has 154 valence electrons. The van der Waals surface area contributed by atoms with E-state index in [0.29, 0.717) is 12.5 Å². The van der Waals surface area contributed by atoms with E-state index in [1.807, 2.05) is 30.2 Å². The van der Waals surface area contributed by atoms with Crippen LogP contribution in [0.5, 0.6) is 0 Å². The number of piperidine rings is 2. The molecular formula is C22H23FN6O. The van der Waals surface area contributed by atoms with Crippen molar-refractivity contribution < 1.29 is 9.18 Å². The number of nitrogens with one attached hydrogen (secondary N) is 1. The van der Waals surface area contributed by atoms with Gasteiger partial charge in [-0.3, -0.25) is 4.79 Å². The molecule has 2 saturated heterocycles. The van der Waals surface area contributed by atoms with E-state index < -0.39 is 5.82 Å². The van der Waals surface area contributed by atoms with E-state index in [1.54, 1.807) is 12.1 Å². The molecular weight excluding hydrogens is 383 g/mol. The predicted molar refractivity (Wildman–Crippen MR) is 110 cm³/mol. The number of halogens is 1. The standard InChI is InChI=1S/C22H23FN6O/c1-14-5-8-20(24-12-14)27-18-11-15-6-7-19(18)28(13-15)22(30)16-3-2-4-17(23)21(16)29-25-9-10-26-29/h2-5,8-10,12,15,18-19H,6-7,11,13H2,1H3,(H,24,27)/t15-,18+,19-/m0/s1. The molecule has 3 aliphatic rings. The fourth-order valence-corrected chi connectivity index (χ4v) is 4.70. The van der Waals surface area contributed by atoms with Crippen molar-refractivity contribution in [2.24, 2.45) is 5.92 Å². The second-order valence-electron chi connectivity index (χ2n) is 8.13. The number of amides is 1. The van der Waals surface area contributed by atoms with Gasteiger partial charge in [0.15, 0.2) is 5.82 Å². The Morgan fingerprint density at radius 3 is 2.73 bits per heavy atom. The minimum atomic E-state index is -0.516. The van der Waals surface area contributed by atoms with Crippen molar-refractivity contribution in [1.82, 2.24) is 24.9 Å². The van der Waals surface area contributed by atoms with Crippen LogP contribution in [-0.4, -0.2) is 49.4 Å². The van der Waals surface area contributed by atoms with Crippen LogP contribution in [0, 0.1) is 18.7 Å². The summed E-state index contributed by atoms with van der Waals surface area (Å²) in [5, 5.41) is 11.6. The maximum Gasteiger partial charge on any atom is 0.256 e. The second-order valence-corrected chi connectivity index (χ2v) is 8.13. The molecule has 3 atom stereocenters. The van der Waals surface area contributed by atoms with Gasteiger partial charge in [-0.05, 0) is 55.9 Å². The SMILES string of the molecule is Cc1ccc(N[C@@H]2C[C@@H]3CC[C@@H]2N(C(=O)c2cccc(F)c2-n2nccn2)C3)nc1. The van der Waals surface area contributed by atoms with Crippen LogP contribution in [0.2, 0.25) is 0 Å². The Hall–Kier alpha value is -3.29. The van der Waals surface area contributed by atoms with Gasteiger partial charge < -0.3 is 10.2 Å². The summed E-state index contributed by atoms with van der Waals surface area (Å²) in [6, 6.07) is 8.68. The lowest BCUT2D eigenvalue weighted by atomic mass is 9.76. The number of rotatable bonds is 4. The summed E-state index contributed by atoms with van der Waals surface area (Å²) in [5.74, 6) is 0.539. The Balaban J connectivity index is 1.44. The van der Waals surface area contributed by atoms with E-state index in [0.717, 1.165) is 30.6 Å². The van der Waals surface area contributed by atoms with Crippen LogP contribution in [0.15, 0.2) is 48.9 Å². The second kappa shape index (κ2) is 7.51. The molecule has 1 N–H and O–H groups in total. The summed E-state index contributed by atoms with van der Waals surface area (Å²) in [5.41, 5.74) is 1.48. The minimum absolute atomic E-state index is 0.0345. The highest BCUT2D eigenvalue weighted by atomic mass is 19.1. The van der Waals surface area contributed by atoms with Crippen molar-refractivity contribution in [2.45, 2.75) is 38.3 Å². The van der Waals surface area contributed by atoms with Crippen molar-refractivity contribution in [3.63, 3.8) is 0 Å². The molecule has 1 aromatic carbocycles. The summed E-state index contributed by atoms with van der Waals surface area (Å²) >= 11 is 0. The van der Waals surface area contributed by atoms with Crippen LogP contribution in [0.1, 0.15) is 35.2 Å². The zero-order valence-electron chi connectivity index (χ0n) is 16.7. The third-order valence-electron chi connectivity index (χ3n) is 6.12. The molecule has 0 unspecified atom stereocenters. The number of nitrogens with zero attached hydrogens (tertiary/aromatic N) is 5. The Morgan fingerprint density at radius 2 is 2.00 bits per heavy atom. The van der Waals surface area contributed by atoms with Crippen LogP contribution in [0.25, 0.3) is 5.69 Å². The molecule has 4 heterocycles. The van der Waals surface area contributed by atoms with Crippen molar-refractivity contribution in [2.75, 3.05) is 11.9 Å². The zero-order valence-corrected chi connectivity index (χ0v) is 16.7. The quantitative estimate of drug-likeness (QED) is 0.720. The predicted octanol–water partition coefficient (Wildman–Crippen LogP) is 3.22. The smallest absolute Gasteiger partial charge is 0.256 e. The topological polar surface area (TPSA) is 75.9 Å². The molecule has 8 heteroatoms. The molecule has 30 heavy (non-hydrogen) atoms. The molecule has 3 aromatic rings. The molecule has 0 radical (unpaired) electrons. The van der Waals surface area contributed by atoms with Gasteiger partial charge in [0.05, 0.1) is 24.0 Å². The number of aryl methyl sites for hydroxylation is 1. The van der Waals surface area contributed by atoms with Crippen LogP contribution < -0.4 is 5.32 Å². The van der Waals surface area contributed by atoms with Crippen molar-refractivity contribution in [1.29, 1.82) is 0 Å². The lowest BCUT2D eigenvalue weighted by Gasteiger charge is -2.50. The van der Waals surface area contributed by atoms with Gasteiger partial charge >= 0.3 is 0 Å². The Bertz CT molecular complexity index is 1050. The van der Waals surface area contributed by atoms with Gasteiger partial charge in [0.1, 0.15) is 11.5 Å². The molecule has 1 saturated carbocycles. The van der Waals surface area contributed by atoms with E-state index in [2.05, 4.69) is 20.5 Å². The van der Waals surface area contributed by atoms with Crippen LogP contribution in [0.3, 0.4) is 0 Å². The first-order chi connectivity index (χ1) is 14.6. The molecule has 1 aliphatic carbocycles. The molecule has 3 fully saturated rings. The number of anilines is 1. The first-order valence-electron chi connectivity index (χ1n) is 10.3. The molecule has 1 amide bonds. The molecule has 2 aromatic heterocycles. The first-order valence-corrected chi connectivity index (χ1v) is 10.3. The molecule has 6 rings (SSSR count). The monoisotopic (exact) mass is 406 g/mol. The summed E-state index contributed by atoms with van der Waals surface area (Å²) in [6.07, 6.45) is 7.80. The fraction of sp³-hybridized carbons (Fsp3) is 0.364. The summed E-state index contributed by atoms with van der Waals surface area (Å²) in [7, 11) is 0. The number of carbonyl (C=O) groups is 1. The number of hydrogen-bond donors (Lipinski definition) is 1. The van der Waals surface area contributed by atoms with E-state index in [1.165, 1.54) is 23.3 Å².